The molecule has 1 aromatic carbocycles. The zero-order valence-electron chi connectivity index (χ0n) is 17.8. The van der Waals surface area contributed by atoms with Gasteiger partial charge < -0.3 is 19.5 Å². The second-order valence-electron chi connectivity index (χ2n) is 7.68. The number of halogens is 3. The molecule has 3 heterocycles. The maximum absolute atomic E-state index is 13.5. The first-order valence-electron chi connectivity index (χ1n) is 10.4. The van der Waals surface area contributed by atoms with Crippen molar-refractivity contribution in [1.82, 2.24) is 20.4 Å². The summed E-state index contributed by atoms with van der Waals surface area (Å²) in [6, 6.07) is 9.08. The second-order valence-corrected chi connectivity index (χ2v) is 7.68. The van der Waals surface area contributed by atoms with Gasteiger partial charge in [-0.3, -0.25) is 4.79 Å². The number of nitrogens with zero attached hydrogens (tertiary/aromatic N) is 4. The molecule has 1 amide bonds. The van der Waals surface area contributed by atoms with Crippen LogP contribution in [0.15, 0.2) is 40.9 Å². The molecule has 1 fully saturated rings. The van der Waals surface area contributed by atoms with Crippen LogP contribution in [0.25, 0.3) is 0 Å². The normalized spacial score (nSPS) is 15.8. The van der Waals surface area contributed by atoms with Crippen molar-refractivity contribution in [3.8, 4) is 6.01 Å². The van der Waals surface area contributed by atoms with E-state index in [0.717, 1.165) is 0 Å². The average Bonchev–Trinajstić information content (AvgIpc) is 3.45. The van der Waals surface area contributed by atoms with Crippen LogP contribution < -0.4 is 15.0 Å². The predicted octanol–water partition coefficient (Wildman–Crippen LogP) is 3.77. The lowest BCUT2D eigenvalue weighted by molar-refractivity contribution is 0.0941. The molecule has 1 N–H and O–H groups in total. The van der Waals surface area contributed by atoms with Crippen molar-refractivity contribution in [2.75, 3.05) is 18.0 Å². The number of carbonyl (C=O) groups excluding carboxylic acids is 1. The fourth-order valence-electron chi connectivity index (χ4n) is 3.41. The molecule has 8 nitrogen and oxygen atoms in total. The summed E-state index contributed by atoms with van der Waals surface area (Å²) in [7, 11) is 0. The molecule has 3 aromatic rings. The van der Waals surface area contributed by atoms with E-state index in [1.807, 2.05) is 4.90 Å². The van der Waals surface area contributed by atoms with Crippen molar-refractivity contribution < 1.29 is 27.2 Å². The minimum atomic E-state index is -2.58. The van der Waals surface area contributed by atoms with Crippen molar-refractivity contribution in [2.45, 2.75) is 39.1 Å². The molecule has 174 valence electrons. The zero-order chi connectivity index (χ0) is 23.4. The largest absolute Gasteiger partial charge is 0.455 e. The Bertz CT molecular complexity index is 1120. The van der Waals surface area contributed by atoms with Gasteiger partial charge >= 0.3 is 6.01 Å². The average molecular weight is 461 g/mol. The van der Waals surface area contributed by atoms with Gasteiger partial charge in [0.2, 0.25) is 0 Å². The maximum atomic E-state index is 13.5. The van der Waals surface area contributed by atoms with Gasteiger partial charge in [0.25, 0.3) is 12.3 Å². The Hall–Kier alpha value is -3.63. The number of ether oxygens (including phenoxy) is 1. The number of carbonyl (C=O) groups is 1. The van der Waals surface area contributed by atoms with Crippen LogP contribution in [0.5, 0.6) is 6.01 Å². The topological polar surface area (TPSA) is 93.4 Å². The molecule has 33 heavy (non-hydrogen) atoms. The fraction of sp³-hybridized carbons (Fsp3) is 0.364. The van der Waals surface area contributed by atoms with Crippen LogP contribution in [0.1, 0.15) is 45.9 Å². The van der Waals surface area contributed by atoms with Crippen molar-refractivity contribution in [1.29, 1.82) is 0 Å². The summed E-state index contributed by atoms with van der Waals surface area (Å²) in [5, 5.41) is 6.33. The maximum Gasteiger partial charge on any atom is 0.319 e. The van der Waals surface area contributed by atoms with Crippen LogP contribution in [0.3, 0.4) is 0 Å². The molecular formula is C22H22F3N5O3. The highest BCUT2D eigenvalue weighted by Crippen LogP contribution is 2.23. The van der Waals surface area contributed by atoms with Gasteiger partial charge in [0.15, 0.2) is 18.1 Å². The third kappa shape index (κ3) is 5.79. The Morgan fingerprint density at radius 3 is 2.91 bits per heavy atom. The lowest BCUT2D eigenvalue weighted by Gasteiger charge is -2.17. The smallest absolute Gasteiger partial charge is 0.319 e. The summed E-state index contributed by atoms with van der Waals surface area (Å²) in [6.07, 6.45) is -3.00. The first-order valence-corrected chi connectivity index (χ1v) is 10.4. The Morgan fingerprint density at radius 2 is 2.15 bits per heavy atom. The molecular weight excluding hydrogens is 439 g/mol. The molecule has 4 rings (SSSR count). The standard InChI is InChI=1S/C22H22F3N5O3/c1-13-7-19(30-6-5-16(23)11-30)28-22(27-13)32-12-17-9-18(29-33-17)21(31)26-10-14-3-2-4-15(8-14)20(24)25/h2-4,7-9,16,20H,5-6,10-12H2,1H3,(H,26,31). The number of rotatable bonds is 8. The predicted molar refractivity (Wildman–Crippen MR) is 112 cm³/mol. The van der Waals surface area contributed by atoms with E-state index in [1.165, 1.54) is 24.3 Å². The molecule has 1 aliphatic rings. The zero-order valence-corrected chi connectivity index (χ0v) is 17.8. The van der Waals surface area contributed by atoms with E-state index in [-0.39, 0.29) is 42.7 Å². The highest BCUT2D eigenvalue weighted by Gasteiger charge is 2.24. The van der Waals surface area contributed by atoms with Gasteiger partial charge in [-0.05, 0) is 25.0 Å². The number of aryl methyl sites for hydroxylation is 1. The van der Waals surface area contributed by atoms with Gasteiger partial charge in [-0.2, -0.15) is 4.98 Å². The highest BCUT2D eigenvalue weighted by atomic mass is 19.3. The van der Waals surface area contributed by atoms with E-state index in [1.54, 1.807) is 19.1 Å². The van der Waals surface area contributed by atoms with Gasteiger partial charge in [-0.25, -0.2) is 18.2 Å². The van der Waals surface area contributed by atoms with E-state index in [0.29, 0.717) is 30.0 Å². The molecule has 1 aliphatic heterocycles. The lowest BCUT2D eigenvalue weighted by atomic mass is 10.1. The molecule has 1 atom stereocenters. The van der Waals surface area contributed by atoms with Crippen molar-refractivity contribution in [3.63, 3.8) is 0 Å². The molecule has 1 saturated heterocycles. The molecule has 0 aliphatic carbocycles. The van der Waals surface area contributed by atoms with Crippen LogP contribution in [0, 0.1) is 6.92 Å². The minimum Gasteiger partial charge on any atom is -0.455 e. The Balaban J connectivity index is 1.33. The number of alkyl halides is 3. The first-order chi connectivity index (χ1) is 15.9. The van der Waals surface area contributed by atoms with Crippen LogP contribution in [-0.4, -0.2) is 40.3 Å². The van der Waals surface area contributed by atoms with Crippen LogP contribution in [0.2, 0.25) is 0 Å². The fourth-order valence-corrected chi connectivity index (χ4v) is 3.41. The monoisotopic (exact) mass is 461 g/mol. The number of anilines is 1. The number of hydrogen-bond donors (Lipinski definition) is 1. The number of amides is 1. The minimum absolute atomic E-state index is 0.0236. The Morgan fingerprint density at radius 1 is 1.30 bits per heavy atom. The van der Waals surface area contributed by atoms with Crippen LogP contribution >= 0.6 is 0 Å². The van der Waals surface area contributed by atoms with E-state index >= 15 is 0 Å². The van der Waals surface area contributed by atoms with Gasteiger partial charge in [0.1, 0.15) is 12.0 Å². The van der Waals surface area contributed by atoms with E-state index in [9.17, 15) is 18.0 Å². The van der Waals surface area contributed by atoms with Gasteiger partial charge in [0, 0.05) is 36.5 Å². The van der Waals surface area contributed by atoms with Crippen LogP contribution in [-0.2, 0) is 13.2 Å². The third-order valence-corrected chi connectivity index (χ3v) is 5.07. The van der Waals surface area contributed by atoms with E-state index in [4.69, 9.17) is 9.26 Å². The quantitative estimate of drug-likeness (QED) is 0.546. The first kappa shape index (κ1) is 22.6. The van der Waals surface area contributed by atoms with Crippen molar-refractivity contribution >= 4 is 11.7 Å². The summed E-state index contributed by atoms with van der Waals surface area (Å²) in [4.78, 5) is 22.7. The Kier molecular flexibility index (Phi) is 6.76. The van der Waals surface area contributed by atoms with E-state index < -0.39 is 18.5 Å². The molecule has 11 heteroatoms. The Labute approximate surface area is 187 Å². The second kappa shape index (κ2) is 9.88. The molecule has 1 unspecified atom stereocenters. The summed E-state index contributed by atoms with van der Waals surface area (Å²) in [5.74, 6) is 0.346. The molecule has 0 saturated carbocycles. The number of nitrogens with one attached hydrogen (secondary N) is 1. The molecule has 0 spiro atoms. The number of aromatic nitrogens is 3. The molecule has 0 radical (unpaired) electrons. The van der Waals surface area contributed by atoms with Crippen molar-refractivity contribution in [3.05, 3.63) is 64.7 Å². The molecule has 2 aromatic heterocycles. The number of benzene rings is 1. The van der Waals surface area contributed by atoms with Gasteiger partial charge in [-0.15, -0.1) is 0 Å². The van der Waals surface area contributed by atoms with Crippen molar-refractivity contribution in [2.24, 2.45) is 0 Å². The number of hydrogen-bond acceptors (Lipinski definition) is 7. The van der Waals surface area contributed by atoms with Crippen LogP contribution in [0.4, 0.5) is 19.0 Å². The van der Waals surface area contributed by atoms with E-state index in [2.05, 4.69) is 20.4 Å². The SMILES string of the molecule is Cc1cc(N2CCC(F)C2)nc(OCc2cc(C(=O)NCc3cccc(C(F)F)c3)no2)n1. The summed E-state index contributed by atoms with van der Waals surface area (Å²) in [6.45, 7) is 2.64. The summed E-state index contributed by atoms with van der Waals surface area (Å²) < 4.78 is 49.8. The highest BCUT2D eigenvalue weighted by molar-refractivity contribution is 5.92. The third-order valence-electron chi connectivity index (χ3n) is 5.07. The van der Waals surface area contributed by atoms with Gasteiger partial charge in [0.05, 0.1) is 6.54 Å². The summed E-state index contributed by atoms with van der Waals surface area (Å²) >= 11 is 0. The van der Waals surface area contributed by atoms with Gasteiger partial charge in [-0.1, -0.05) is 23.4 Å². The lowest BCUT2D eigenvalue weighted by Crippen LogP contribution is -2.23. The molecule has 0 bridgehead atoms. The summed E-state index contributed by atoms with van der Waals surface area (Å²) in [5.41, 5.74) is 1.12.